The Morgan fingerprint density at radius 3 is 2.35 bits per heavy atom. The van der Waals surface area contributed by atoms with Gasteiger partial charge in [-0.25, -0.2) is 4.98 Å². The number of anilines is 1. The highest BCUT2D eigenvalue weighted by Gasteiger charge is 2.24. The average molecular weight is 429 g/mol. The molecular weight excluding hydrogens is 408 g/mol. The fourth-order valence-electron chi connectivity index (χ4n) is 3.05. The van der Waals surface area contributed by atoms with Crippen LogP contribution in [0, 0.1) is 0 Å². The number of carbonyl (C=O) groups is 2. The van der Waals surface area contributed by atoms with Crippen molar-refractivity contribution >= 4 is 29.1 Å². The van der Waals surface area contributed by atoms with E-state index in [2.05, 4.69) is 20.5 Å². The van der Waals surface area contributed by atoms with Gasteiger partial charge in [0.1, 0.15) is 5.25 Å². The molecule has 2 N–H and O–H groups in total. The van der Waals surface area contributed by atoms with Gasteiger partial charge in [0.25, 0.3) is 0 Å². The first-order chi connectivity index (χ1) is 15.1. The number of nitrogens with zero attached hydrogens (tertiary/aromatic N) is 2. The van der Waals surface area contributed by atoms with Crippen molar-refractivity contribution in [3.05, 3.63) is 96.1 Å². The highest BCUT2D eigenvalue weighted by atomic mass is 32.2. The van der Waals surface area contributed by atoms with Gasteiger partial charge in [0.2, 0.25) is 11.1 Å². The molecule has 0 saturated heterocycles. The molecule has 0 fully saturated rings. The topological polar surface area (TPSA) is 87.7 Å². The summed E-state index contributed by atoms with van der Waals surface area (Å²) in [5, 5.41) is 10.0. The molecule has 6 nitrogen and oxygen atoms in total. The van der Waals surface area contributed by atoms with Crippen LogP contribution >= 0.6 is 11.8 Å². The fraction of sp³-hybridized carbons (Fsp3) is 0.0833. The van der Waals surface area contributed by atoms with Gasteiger partial charge in [-0.1, -0.05) is 84.6 Å². The Kier molecular flexibility index (Phi) is 6.24. The van der Waals surface area contributed by atoms with E-state index >= 15 is 0 Å². The van der Waals surface area contributed by atoms with Gasteiger partial charge in [-0.2, -0.15) is 0 Å². The highest BCUT2D eigenvalue weighted by Crippen LogP contribution is 2.35. The molecule has 7 heteroatoms. The zero-order valence-electron chi connectivity index (χ0n) is 16.8. The lowest BCUT2D eigenvalue weighted by molar-refractivity contribution is -0.115. The Labute approximate surface area is 184 Å². The molecule has 1 atom stereocenters. The number of nitrogens with one attached hydrogen (secondary N) is 2. The number of rotatable bonds is 7. The lowest BCUT2D eigenvalue weighted by atomic mass is 10.1. The summed E-state index contributed by atoms with van der Waals surface area (Å²) in [4.78, 5) is 29.4. The summed E-state index contributed by atoms with van der Waals surface area (Å²) in [5.74, 6) is 0.367. The lowest BCUT2D eigenvalue weighted by Crippen LogP contribution is -2.19. The van der Waals surface area contributed by atoms with Crippen molar-refractivity contribution < 1.29 is 9.59 Å². The van der Waals surface area contributed by atoms with Crippen molar-refractivity contribution in [1.82, 2.24) is 15.2 Å². The van der Waals surface area contributed by atoms with Crippen molar-refractivity contribution in [3.63, 3.8) is 0 Å². The Morgan fingerprint density at radius 1 is 0.935 bits per heavy atom. The second-order valence-corrected chi connectivity index (χ2v) is 7.94. The highest BCUT2D eigenvalue weighted by molar-refractivity contribution is 8.00. The molecule has 0 bridgehead atoms. The minimum absolute atomic E-state index is 0.0563. The Balaban J connectivity index is 1.58. The molecule has 0 aliphatic carbocycles. The second kappa shape index (κ2) is 9.40. The predicted molar refractivity (Wildman–Crippen MR) is 122 cm³/mol. The molecule has 0 aliphatic rings. The SMILES string of the molecule is CC(=O)c1cccc(NC(=O)C(Sc2n[nH]c(-c3ccccc3)n2)c2ccccc2)c1. The number of amides is 1. The molecule has 31 heavy (non-hydrogen) atoms. The van der Waals surface area contributed by atoms with Crippen LogP contribution in [0.5, 0.6) is 0 Å². The zero-order valence-corrected chi connectivity index (χ0v) is 17.6. The van der Waals surface area contributed by atoms with Gasteiger partial charge >= 0.3 is 0 Å². The van der Waals surface area contributed by atoms with Crippen molar-refractivity contribution in [1.29, 1.82) is 0 Å². The minimum Gasteiger partial charge on any atom is -0.325 e. The Bertz CT molecular complexity index is 1190. The maximum absolute atomic E-state index is 13.2. The van der Waals surface area contributed by atoms with Gasteiger partial charge in [-0.3, -0.25) is 14.7 Å². The van der Waals surface area contributed by atoms with E-state index in [0.29, 0.717) is 22.2 Å². The van der Waals surface area contributed by atoms with Crippen LogP contribution in [0.2, 0.25) is 0 Å². The average Bonchev–Trinajstić information content (AvgIpc) is 3.27. The van der Waals surface area contributed by atoms with E-state index in [1.54, 1.807) is 24.3 Å². The van der Waals surface area contributed by atoms with Gasteiger partial charge in [0.15, 0.2) is 11.6 Å². The monoisotopic (exact) mass is 428 g/mol. The molecule has 154 valence electrons. The third-order valence-electron chi connectivity index (χ3n) is 4.61. The van der Waals surface area contributed by atoms with Gasteiger partial charge < -0.3 is 5.32 Å². The van der Waals surface area contributed by atoms with Crippen molar-refractivity contribution in [2.45, 2.75) is 17.3 Å². The third-order valence-corrected chi connectivity index (χ3v) is 5.73. The van der Waals surface area contributed by atoms with Crippen molar-refractivity contribution in [2.24, 2.45) is 0 Å². The lowest BCUT2D eigenvalue weighted by Gasteiger charge is -2.15. The van der Waals surface area contributed by atoms with E-state index in [-0.39, 0.29) is 11.7 Å². The van der Waals surface area contributed by atoms with Crippen LogP contribution in [-0.4, -0.2) is 26.9 Å². The number of benzene rings is 3. The second-order valence-electron chi connectivity index (χ2n) is 6.87. The van der Waals surface area contributed by atoms with E-state index in [9.17, 15) is 9.59 Å². The summed E-state index contributed by atoms with van der Waals surface area (Å²) in [6, 6.07) is 26.1. The summed E-state index contributed by atoms with van der Waals surface area (Å²) in [6.07, 6.45) is 0. The number of ketones is 1. The molecule has 1 heterocycles. The molecule has 4 rings (SSSR count). The number of carbonyl (C=O) groups excluding carboxylic acids is 2. The van der Waals surface area contributed by atoms with E-state index in [0.717, 1.165) is 11.1 Å². The smallest absolute Gasteiger partial charge is 0.242 e. The van der Waals surface area contributed by atoms with E-state index in [1.165, 1.54) is 18.7 Å². The zero-order chi connectivity index (χ0) is 21.6. The number of Topliss-reactive ketones (excluding diaryl/α,β-unsaturated/α-hetero) is 1. The fourth-order valence-corrected chi connectivity index (χ4v) is 3.97. The molecule has 0 radical (unpaired) electrons. The van der Waals surface area contributed by atoms with Crippen LogP contribution in [-0.2, 0) is 4.79 Å². The maximum Gasteiger partial charge on any atom is 0.242 e. The summed E-state index contributed by atoms with van der Waals surface area (Å²) in [7, 11) is 0. The molecule has 1 amide bonds. The summed E-state index contributed by atoms with van der Waals surface area (Å²) in [6.45, 7) is 1.50. The molecule has 1 unspecified atom stereocenters. The maximum atomic E-state index is 13.2. The van der Waals surface area contributed by atoms with Crippen LogP contribution in [0.4, 0.5) is 5.69 Å². The minimum atomic E-state index is -0.568. The van der Waals surface area contributed by atoms with Crippen molar-refractivity contribution in [3.8, 4) is 11.4 Å². The van der Waals surface area contributed by atoms with Crippen LogP contribution in [0.15, 0.2) is 90.1 Å². The quantitative estimate of drug-likeness (QED) is 0.314. The van der Waals surface area contributed by atoms with E-state index < -0.39 is 5.25 Å². The number of aromatic nitrogens is 3. The van der Waals surface area contributed by atoms with Gasteiger partial charge in [0, 0.05) is 16.8 Å². The number of thioether (sulfide) groups is 1. The molecular formula is C24H20N4O2S. The van der Waals surface area contributed by atoms with E-state index in [1.807, 2.05) is 60.7 Å². The Hall–Kier alpha value is -3.71. The van der Waals surface area contributed by atoms with Crippen LogP contribution < -0.4 is 5.32 Å². The van der Waals surface area contributed by atoms with Crippen LogP contribution in [0.3, 0.4) is 0 Å². The standard InChI is InChI=1S/C24H20N4O2S/c1-16(29)19-13-8-14-20(15-19)25-23(30)21(17-9-4-2-5-10-17)31-24-26-22(27-28-24)18-11-6-3-7-12-18/h2-15,21H,1H3,(H,25,30)(H,26,27,28). The van der Waals surface area contributed by atoms with Gasteiger partial charge in [0.05, 0.1) is 0 Å². The molecule has 1 aromatic heterocycles. The Morgan fingerprint density at radius 2 is 1.65 bits per heavy atom. The summed E-state index contributed by atoms with van der Waals surface area (Å²) < 4.78 is 0. The molecule has 3 aromatic carbocycles. The molecule has 4 aromatic rings. The predicted octanol–water partition coefficient (Wildman–Crippen LogP) is 5.15. The first kappa shape index (κ1) is 20.6. The van der Waals surface area contributed by atoms with Crippen LogP contribution in [0.1, 0.15) is 28.1 Å². The summed E-state index contributed by atoms with van der Waals surface area (Å²) in [5.41, 5.74) is 2.87. The normalized spacial score (nSPS) is 11.6. The first-order valence-corrected chi connectivity index (χ1v) is 10.6. The van der Waals surface area contributed by atoms with Crippen LogP contribution in [0.25, 0.3) is 11.4 Å². The molecule has 0 spiro atoms. The number of H-pyrrole nitrogens is 1. The van der Waals surface area contributed by atoms with Crippen molar-refractivity contribution in [2.75, 3.05) is 5.32 Å². The first-order valence-electron chi connectivity index (χ1n) is 9.71. The molecule has 0 aliphatic heterocycles. The van der Waals surface area contributed by atoms with E-state index in [4.69, 9.17) is 0 Å². The van der Waals surface area contributed by atoms with Gasteiger partial charge in [-0.05, 0) is 24.6 Å². The number of hydrogen-bond donors (Lipinski definition) is 2. The number of aromatic amines is 1. The largest absolute Gasteiger partial charge is 0.325 e. The summed E-state index contributed by atoms with van der Waals surface area (Å²) >= 11 is 1.26. The molecule has 0 saturated carbocycles. The third kappa shape index (κ3) is 5.07. The number of hydrogen-bond acceptors (Lipinski definition) is 5. The van der Waals surface area contributed by atoms with Gasteiger partial charge in [-0.15, -0.1) is 5.10 Å².